The number of aromatic nitrogens is 3. The van der Waals surface area contributed by atoms with E-state index in [1.807, 2.05) is 31.2 Å². The molecule has 122 valence electrons. The largest absolute Gasteiger partial charge is 0.510 e. The quantitative estimate of drug-likeness (QED) is 0.870. The van der Waals surface area contributed by atoms with Crippen LogP contribution in [-0.4, -0.2) is 39.9 Å². The number of benzene rings is 1. The fourth-order valence-electron chi connectivity index (χ4n) is 2.54. The minimum absolute atomic E-state index is 0.192. The van der Waals surface area contributed by atoms with Gasteiger partial charge in [-0.05, 0) is 24.6 Å². The van der Waals surface area contributed by atoms with Crippen LogP contribution < -0.4 is 0 Å². The number of allylic oxidation sites excluding steroid dienone is 1. The van der Waals surface area contributed by atoms with Crippen molar-refractivity contribution in [1.29, 1.82) is 0 Å². The maximum Gasteiger partial charge on any atom is 0.146 e. The maximum absolute atomic E-state index is 10.9. The second kappa shape index (κ2) is 6.70. The first-order valence-corrected chi connectivity index (χ1v) is 7.64. The number of halogens is 1. The molecule has 0 aliphatic carbocycles. The topological polar surface area (TPSA) is 69.4 Å². The van der Waals surface area contributed by atoms with E-state index in [1.54, 1.807) is 11.0 Å². The molecule has 0 unspecified atom stereocenters. The van der Waals surface area contributed by atoms with E-state index in [4.69, 9.17) is 21.1 Å². The van der Waals surface area contributed by atoms with Gasteiger partial charge < -0.3 is 14.6 Å². The zero-order valence-electron chi connectivity index (χ0n) is 12.8. The monoisotopic (exact) mass is 335 g/mol. The number of rotatable bonds is 4. The van der Waals surface area contributed by atoms with E-state index in [-0.39, 0.29) is 12.6 Å². The van der Waals surface area contributed by atoms with Crippen molar-refractivity contribution in [3.05, 3.63) is 53.3 Å². The highest BCUT2D eigenvalue weighted by Gasteiger charge is 2.35. The van der Waals surface area contributed by atoms with E-state index in [0.29, 0.717) is 30.4 Å². The van der Waals surface area contributed by atoms with Gasteiger partial charge in [0.15, 0.2) is 0 Å². The van der Waals surface area contributed by atoms with Gasteiger partial charge in [0.2, 0.25) is 0 Å². The molecule has 0 amide bonds. The first-order chi connectivity index (χ1) is 11.1. The van der Waals surface area contributed by atoms with Crippen molar-refractivity contribution in [2.45, 2.75) is 13.3 Å². The Hall–Kier alpha value is -1.89. The molecule has 2 heterocycles. The summed E-state index contributed by atoms with van der Waals surface area (Å²) in [4.78, 5) is 3.97. The summed E-state index contributed by atoms with van der Waals surface area (Å²) in [5.74, 6) is 0.192. The number of hydrogen-bond acceptors (Lipinski definition) is 5. The van der Waals surface area contributed by atoms with Crippen LogP contribution in [0.15, 0.2) is 42.7 Å². The van der Waals surface area contributed by atoms with E-state index in [9.17, 15) is 5.11 Å². The van der Waals surface area contributed by atoms with Crippen molar-refractivity contribution in [3.63, 3.8) is 0 Å². The Balaban J connectivity index is 1.98. The lowest BCUT2D eigenvalue weighted by Gasteiger charge is -2.33. The lowest BCUT2D eigenvalue weighted by atomic mass is 9.87. The second-order valence-corrected chi connectivity index (χ2v) is 6.25. The third kappa shape index (κ3) is 3.55. The first kappa shape index (κ1) is 16.0. The molecule has 0 saturated carbocycles. The number of aliphatic hydroxyl groups is 1. The van der Waals surface area contributed by atoms with Crippen molar-refractivity contribution < 1.29 is 14.6 Å². The van der Waals surface area contributed by atoms with Crippen LogP contribution in [0, 0.1) is 5.41 Å². The fraction of sp³-hybridized carbons (Fsp3) is 0.375. The molecule has 1 aliphatic heterocycles. The molecule has 1 aliphatic rings. The van der Waals surface area contributed by atoms with Gasteiger partial charge in [-0.1, -0.05) is 23.7 Å². The molecular formula is C16H18ClN3O3. The molecule has 6 nitrogen and oxygen atoms in total. The van der Waals surface area contributed by atoms with E-state index in [1.165, 1.54) is 6.33 Å². The Morgan fingerprint density at radius 3 is 2.61 bits per heavy atom. The van der Waals surface area contributed by atoms with Crippen LogP contribution in [0.5, 0.6) is 0 Å². The Labute approximate surface area is 139 Å². The number of aliphatic hydroxyl groups excluding tert-OH is 1. The Bertz CT molecular complexity index is 677. The SMILES string of the molecule is CC1(C(O)=C(Cc2ccc(Cl)cc2)n2cncn2)COCOC1. The molecule has 3 rings (SSSR count). The molecule has 0 atom stereocenters. The van der Waals surface area contributed by atoms with Gasteiger partial charge >= 0.3 is 0 Å². The van der Waals surface area contributed by atoms with E-state index in [2.05, 4.69) is 10.1 Å². The van der Waals surface area contributed by atoms with Crippen molar-refractivity contribution in [2.24, 2.45) is 5.41 Å². The van der Waals surface area contributed by atoms with Gasteiger partial charge in [0.25, 0.3) is 0 Å². The van der Waals surface area contributed by atoms with Crippen molar-refractivity contribution in [1.82, 2.24) is 14.8 Å². The van der Waals surface area contributed by atoms with E-state index < -0.39 is 5.41 Å². The van der Waals surface area contributed by atoms with Gasteiger partial charge in [0, 0.05) is 11.4 Å². The zero-order chi connectivity index (χ0) is 16.3. The summed E-state index contributed by atoms with van der Waals surface area (Å²) in [6.45, 7) is 2.92. The van der Waals surface area contributed by atoms with Crippen molar-refractivity contribution in [2.75, 3.05) is 20.0 Å². The zero-order valence-corrected chi connectivity index (χ0v) is 13.5. The summed E-state index contributed by atoms with van der Waals surface area (Å²) in [6.07, 6.45) is 3.49. The fourth-order valence-corrected chi connectivity index (χ4v) is 2.66. The Morgan fingerprint density at radius 1 is 1.30 bits per heavy atom. The van der Waals surface area contributed by atoms with Crippen LogP contribution in [0.2, 0.25) is 5.02 Å². The average Bonchev–Trinajstić information content (AvgIpc) is 3.08. The molecule has 1 fully saturated rings. The summed E-state index contributed by atoms with van der Waals surface area (Å²) in [6, 6.07) is 7.48. The van der Waals surface area contributed by atoms with Crippen LogP contribution in [-0.2, 0) is 15.9 Å². The molecule has 1 aromatic heterocycles. The summed E-state index contributed by atoms with van der Waals surface area (Å²) >= 11 is 5.93. The molecule has 0 bridgehead atoms. The maximum atomic E-state index is 10.9. The molecule has 1 saturated heterocycles. The highest BCUT2D eigenvalue weighted by Crippen LogP contribution is 2.33. The molecule has 0 spiro atoms. The van der Waals surface area contributed by atoms with E-state index in [0.717, 1.165) is 5.56 Å². The van der Waals surface area contributed by atoms with Gasteiger partial charge in [-0.15, -0.1) is 0 Å². The Kier molecular flexibility index (Phi) is 4.66. The molecule has 2 aromatic rings. The lowest BCUT2D eigenvalue weighted by Crippen LogP contribution is -2.37. The molecule has 0 radical (unpaired) electrons. The van der Waals surface area contributed by atoms with Gasteiger partial charge in [-0.25, -0.2) is 9.67 Å². The predicted molar refractivity (Wildman–Crippen MR) is 85.9 cm³/mol. The number of nitrogens with zero attached hydrogens (tertiary/aromatic N) is 3. The molecular weight excluding hydrogens is 318 g/mol. The molecule has 1 N–H and O–H groups in total. The normalized spacial score (nSPS) is 18.5. The molecule has 7 heteroatoms. The second-order valence-electron chi connectivity index (χ2n) is 5.81. The summed E-state index contributed by atoms with van der Waals surface area (Å²) in [5.41, 5.74) is 1.03. The summed E-state index contributed by atoms with van der Waals surface area (Å²) in [5, 5.41) is 15.7. The third-order valence-corrected chi connectivity index (χ3v) is 4.09. The van der Waals surface area contributed by atoms with Crippen molar-refractivity contribution >= 4 is 17.3 Å². The number of hydrogen-bond donors (Lipinski definition) is 1. The number of ether oxygens (including phenoxy) is 2. The summed E-state index contributed by atoms with van der Waals surface area (Å²) < 4.78 is 12.3. The average molecular weight is 336 g/mol. The van der Waals surface area contributed by atoms with Crippen LogP contribution in [0.1, 0.15) is 12.5 Å². The lowest BCUT2D eigenvalue weighted by molar-refractivity contribution is -0.155. The standard InChI is InChI=1S/C16H18ClN3O3/c1-16(7-22-11-23-8-16)15(21)14(20-10-18-9-19-20)6-12-2-4-13(17)5-3-12/h2-5,9-10,21H,6-8,11H2,1H3. The molecule has 1 aromatic carbocycles. The first-order valence-electron chi connectivity index (χ1n) is 7.26. The van der Waals surface area contributed by atoms with Gasteiger partial charge in [-0.3, -0.25) is 0 Å². The minimum Gasteiger partial charge on any atom is -0.510 e. The third-order valence-electron chi connectivity index (χ3n) is 3.83. The van der Waals surface area contributed by atoms with Gasteiger partial charge in [0.1, 0.15) is 25.2 Å². The minimum atomic E-state index is -0.619. The van der Waals surface area contributed by atoms with Crippen LogP contribution in [0.4, 0.5) is 0 Å². The Morgan fingerprint density at radius 2 is 2.00 bits per heavy atom. The van der Waals surface area contributed by atoms with E-state index >= 15 is 0 Å². The molecule has 23 heavy (non-hydrogen) atoms. The van der Waals surface area contributed by atoms with Crippen LogP contribution >= 0.6 is 11.6 Å². The van der Waals surface area contributed by atoms with Gasteiger partial charge in [0.05, 0.1) is 24.3 Å². The van der Waals surface area contributed by atoms with Crippen LogP contribution in [0.3, 0.4) is 0 Å². The predicted octanol–water partition coefficient (Wildman–Crippen LogP) is 2.91. The highest BCUT2D eigenvalue weighted by molar-refractivity contribution is 6.30. The highest BCUT2D eigenvalue weighted by atomic mass is 35.5. The smallest absolute Gasteiger partial charge is 0.146 e. The van der Waals surface area contributed by atoms with Gasteiger partial charge in [-0.2, -0.15) is 5.10 Å². The summed E-state index contributed by atoms with van der Waals surface area (Å²) in [7, 11) is 0. The van der Waals surface area contributed by atoms with Crippen molar-refractivity contribution in [3.8, 4) is 0 Å². The van der Waals surface area contributed by atoms with Crippen LogP contribution in [0.25, 0.3) is 5.70 Å².